The molecule has 0 fully saturated rings. The summed E-state index contributed by atoms with van der Waals surface area (Å²) >= 11 is 0. The molecular weight excluding hydrogens is 235 g/mol. The van der Waals surface area contributed by atoms with Crippen molar-refractivity contribution in [3.63, 3.8) is 0 Å². The Labute approximate surface area is 96.5 Å². The van der Waals surface area contributed by atoms with Crippen LogP contribution in [-0.4, -0.2) is 25.2 Å². The van der Waals surface area contributed by atoms with E-state index in [1.54, 1.807) is 19.0 Å². The molecule has 0 heterocycles. The fraction of sp³-hybridized carbons (Fsp3) is 0.364. The molecule has 0 radical (unpaired) electrons. The second kappa shape index (κ2) is 4.65. The minimum absolute atomic E-state index is 0.150. The van der Waals surface area contributed by atoms with E-state index in [1.165, 1.54) is 6.07 Å². The van der Waals surface area contributed by atoms with Gasteiger partial charge in [-0.2, -0.15) is 13.2 Å². The molecule has 0 saturated carbocycles. The van der Waals surface area contributed by atoms with Crippen molar-refractivity contribution < 1.29 is 23.1 Å². The van der Waals surface area contributed by atoms with E-state index in [9.17, 15) is 18.0 Å². The van der Waals surface area contributed by atoms with Gasteiger partial charge in [0.1, 0.15) is 0 Å². The molecule has 1 N–H and O–H groups in total. The number of carboxylic acid groups (broad SMARTS) is 1. The van der Waals surface area contributed by atoms with Crippen LogP contribution in [0.2, 0.25) is 0 Å². The van der Waals surface area contributed by atoms with Crippen molar-refractivity contribution in [3.8, 4) is 0 Å². The lowest BCUT2D eigenvalue weighted by Crippen LogP contribution is -2.15. The van der Waals surface area contributed by atoms with Gasteiger partial charge in [0.15, 0.2) is 0 Å². The number of carbonyl (C=O) groups is 1. The van der Waals surface area contributed by atoms with Crippen molar-refractivity contribution in [1.82, 2.24) is 0 Å². The summed E-state index contributed by atoms with van der Waals surface area (Å²) in [5.41, 5.74) is -0.211. The van der Waals surface area contributed by atoms with E-state index in [0.717, 1.165) is 12.1 Å². The van der Waals surface area contributed by atoms with E-state index in [0.29, 0.717) is 5.69 Å². The first kappa shape index (κ1) is 13.3. The van der Waals surface area contributed by atoms with Crippen LogP contribution < -0.4 is 4.90 Å². The largest absolute Gasteiger partial charge is 0.481 e. The predicted octanol–water partition coefficient (Wildman–Crippen LogP) is 2.40. The van der Waals surface area contributed by atoms with Gasteiger partial charge in [0.25, 0.3) is 0 Å². The molecule has 6 heteroatoms. The third-order valence-electron chi connectivity index (χ3n) is 2.23. The first-order chi connectivity index (χ1) is 7.71. The molecule has 94 valence electrons. The second-order valence-corrected chi connectivity index (χ2v) is 3.81. The van der Waals surface area contributed by atoms with Gasteiger partial charge in [0.2, 0.25) is 0 Å². The van der Waals surface area contributed by atoms with Crippen LogP contribution in [-0.2, 0) is 17.4 Å². The third kappa shape index (κ3) is 3.37. The number of halogens is 3. The molecule has 0 atom stereocenters. The molecule has 3 nitrogen and oxygen atoms in total. The molecule has 0 bridgehead atoms. The van der Waals surface area contributed by atoms with Gasteiger partial charge in [-0.05, 0) is 23.8 Å². The van der Waals surface area contributed by atoms with Crippen molar-refractivity contribution in [2.75, 3.05) is 19.0 Å². The summed E-state index contributed by atoms with van der Waals surface area (Å²) in [5, 5.41) is 8.67. The minimum atomic E-state index is -4.46. The van der Waals surface area contributed by atoms with E-state index in [-0.39, 0.29) is 5.56 Å². The van der Waals surface area contributed by atoms with Crippen molar-refractivity contribution in [3.05, 3.63) is 29.3 Å². The molecule has 0 saturated heterocycles. The van der Waals surface area contributed by atoms with E-state index >= 15 is 0 Å². The fourth-order valence-corrected chi connectivity index (χ4v) is 1.50. The van der Waals surface area contributed by atoms with Crippen LogP contribution in [0.5, 0.6) is 0 Å². The maximum atomic E-state index is 12.5. The van der Waals surface area contributed by atoms with Crippen LogP contribution in [0.3, 0.4) is 0 Å². The molecule has 1 aromatic rings. The zero-order chi connectivity index (χ0) is 13.2. The number of carboxylic acids is 1. The highest BCUT2D eigenvalue weighted by Gasteiger charge is 2.31. The minimum Gasteiger partial charge on any atom is -0.481 e. The third-order valence-corrected chi connectivity index (χ3v) is 2.23. The SMILES string of the molecule is CN(C)c1ccc(C(F)(F)F)cc1CC(=O)O. The quantitative estimate of drug-likeness (QED) is 0.891. The van der Waals surface area contributed by atoms with Crippen LogP contribution in [0.4, 0.5) is 18.9 Å². The van der Waals surface area contributed by atoms with E-state index in [1.807, 2.05) is 0 Å². The zero-order valence-corrected chi connectivity index (χ0v) is 9.38. The van der Waals surface area contributed by atoms with E-state index in [2.05, 4.69) is 0 Å². The highest BCUT2D eigenvalue weighted by Crippen LogP contribution is 2.32. The summed E-state index contributed by atoms with van der Waals surface area (Å²) in [7, 11) is 3.29. The summed E-state index contributed by atoms with van der Waals surface area (Å²) in [5.74, 6) is -1.16. The van der Waals surface area contributed by atoms with Crippen molar-refractivity contribution in [1.29, 1.82) is 0 Å². The number of benzene rings is 1. The van der Waals surface area contributed by atoms with Gasteiger partial charge in [-0.15, -0.1) is 0 Å². The maximum absolute atomic E-state index is 12.5. The van der Waals surface area contributed by atoms with Gasteiger partial charge in [-0.1, -0.05) is 0 Å². The summed E-state index contributed by atoms with van der Waals surface area (Å²) in [6.07, 6.45) is -4.89. The molecule has 1 rings (SSSR count). The molecule has 0 aliphatic heterocycles. The van der Waals surface area contributed by atoms with E-state index < -0.39 is 24.1 Å². The summed E-state index contributed by atoms with van der Waals surface area (Å²) in [6.45, 7) is 0. The Morgan fingerprint density at radius 3 is 2.35 bits per heavy atom. The molecule has 0 amide bonds. The molecule has 0 aliphatic rings. The number of alkyl halides is 3. The topological polar surface area (TPSA) is 40.5 Å². The number of aliphatic carboxylic acids is 1. The lowest BCUT2D eigenvalue weighted by molar-refractivity contribution is -0.138. The number of rotatable bonds is 3. The summed E-state index contributed by atoms with van der Waals surface area (Å²) in [6, 6.07) is 3.10. The van der Waals surface area contributed by atoms with Gasteiger partial charge in [-0.25, -0.2) is 0 Å². The standard InChI is InChI=1S/C11H12F3NO2/c1-15(2)9-4-3-8(11(12,13)14)5-7(9)6-10(16)17/h3-5H,6H2,1-2H3,(H,16,17). The van der Waals surface area contributed by atoms with Crippen molar-refractivity contribution in [2.45, 2.75) is 12.6 Å². The maximum Gasteiger partial charge on any atom is 0.416 e. The number of nitrogens with zero attached hydrogens (tertiary/aromatic N) is 1. The monoisotopic (exact) mass is 247 g/mol. The number of hydrogen-bond acceptors (Lipinski definition) is 2. The molecule has 17 heavy (non-hydrogen) atoms. The van der Waals surface area contributed by atoms with Crippen molar-refractivity contribution in [2.24, 2.45) is 0 Å². The lowest BCUT2D eigenvalue weighted by atomic mass is 10.0. The number of anilines is 1. The van der Waals surface area contributed by atoms with Gasteiger partial charge < -0.3 is 10.0 Å². The first-order valence-corrected chi connectivity index (χ1v) is 4.81. The van der Waals surface area contributed by atoms with Crippen LogP contribution in [0.1, 0.15) is 11.1 Å². The average molecular weight is 247 g/mol. The first-order valence-electron chi connectivity index (χ1n) is 4.81. The highest BCUT2D eigenvalue weighted by atomic mass is 19.4. The normalized spacial score (nSPS) is 11.4. The van der Waals surface area contributed by atoms with Crippen molar-refractivity contribution >= 4 is 11.7 Å². The summed E-state index contributed by atoms with van der Waals surface area (Å²) in [4.78, 5) is 12.2. The Balaban J connectivity index is 3.24. The van der Waals surface area contributed by atoms with Crippen LogP contribution in [0.25, 0.3) is 0 Å². The molecule has 0 unspecified atom stereocenters. The van der Waals surface area contributed by atoms with Gasteiger partial charge in [-0.3, -0.25) is 4.79 Å². The lowest BCUT2D eigenvalue weighted by Gasteiger charge is -2.18. The Hall–Kier alpha value is -1.72. The molecule has 1 aromatic carbocycles. The van der Waals surface area contributed by atoms with Gasteiger partial charge >= 0.3 is 12.1 Å². The van der Waals surface area contributed by atoms with Crippen LogP contribution in [0, 0.1) is 0 Å². The van der Waals surface area contributed by atoms with Crippen LogP contribution >= 0.6 is 0 Å². The fourth-order valence-electron chi connectivity index (χ4n) is 1.50. The molecule has 0 spiro atoms. The Morgan fingerprint density at radius 1 is 1.35 bits per heavy atom. The van der Waals surface area contributed by atoms with Gasteiger partial charge in [0.05, 0.1) is 12.0 Å². The summed E-state index contributed by atoms with van der Waals surface area (Å²) < 4.78 is 37.4. The molecule has 0 aliphatic carbocycles. The molecule has 0 aromatic heterocycles. The zero-order valence-electron chi connectivity index (χ0n) is 9.38. The smallest absolute Gasteiger partial charge is 0.416 e. The number of hydrogen-bond donors (Lipinski definition) is 1. The predicted molar refractivity (Wildman–Crippen MR) is 57.1 cm³/mol. The molecular formula is C11H12F3NO2. The van der Waals surface area contributed by atoms with Crippen LogP contribution in [0.15, 0.2) is 18.2 Å². The Morgan fingerprint density at radius 2 is 1.94 bits per heavy atom. The average Bonchev–Trinajstić information content (AvgIpc) is 2.14. The second-order valence-electron chi connectivity index (χ2n) is 3.81. The highest BCUT2D eigenvalue weighted by molar-refractivity contribution is 5.73. The van der Waals surface area contributed by atoms with E-state index in [4.69, 9.17) is 5.11 Å². The Bertz CT molecular complexity index is 427. The Kier molecular flexibility index (Phi) is 3.65. The van der Waals surface area contributed by atoms with Gasteiger partial charge in [0, 0.05) is 19.8 Å².